The minimum Gasteiger partial charge on any atom is -0.469 e. The summed E-state index contributed by atoms with van der Waals surface area (Å²) >= 11 is 0. The molecule has 0 radical (unpaired) electrons. The Kier molecular flexibility index (Phi) is 6.28. The number of hydrogen-bond donors (Lipinski definition) is 1. The summed E-state index contributed by atoms with van der Waals surface area (Å²) in [7, 11) is 2.57. The number of fused-ring (bicyclic) bond motifs is 2. The minimum atomic E-state index is -1.41. The van der Waals surface area contributed by atoms with Gasteiger partial charge >= 0.3 is 11.9 Å². The van der Waals surface area contributed by atoms with Crippen molar-refractivity contribution in [3.63, 3.8) is 0 Å². The average molecular weight is 429 g/mol. The van der Waals surface area contributed by atoms with Crippen LogP contribution >= 0.6 is 0 Å². The summed E-state index contributed by atoms with van der Waals surface area (Å²) in [5.41, 5.74) is -0.486. The molecule has 3 rings (SSSR count). The standard InChI is InChI=1S/C21H32O7S/c1-20(2)12-6-7-21(20,16(22)8-12)11-29(25)13-9-14(18(23)27-4)17(19(24)28-5)15(10-13)26-3/h10,12,14-17,22H,6-9,11H2,1-5H3/t12-,14-,15+,16-,17+,21-,29?/m1/s1. The lowest BCUT2D eigenvalue weighted by molar-refractivity contribution is -0.162. The molecule has 164 valence electrons. The molecule has 0 aromatic heterocycles. The first kappa shape index (κ1) is 22.4. The number of hydrogen-bond acceptors (Lipinski definition) is 7. The van der Waals surface area contributed by atoms with Crippen molar-refractivity contribution in [3.8, 4) is 0 Å². The molecule has 0 aliphatic heterocycles. The third-order valence-corrected chi connectivity index (χ3v) is 9.54. The van der Waals surface area contributed by atoms with E-state index >= 15 is 0 Å². The maximum Gasteiger partial charge on any atom is 0.312 e. The van der Waals surface area contributed by atoms with Crippen LogP contribution in [0.3, 0.4) is 0 Å². The van der Waals surface area contributed by atoms with E-state index in [1.165, 1.54) is 21.3 Å². The Balaban J connectivity index is 1.89. The molecule has 0 saturated heterocycles. The van der Waals surface area contributed by atoms with E-state index in [0.29, 0.717) is 16.6 Å². The van der Waals surface area contributed by atoms with Crippen LogP contribution in [0.1, 0.15) is 39.5 Å². The molecule has 8 heteroatoms. The van der Waals surface area contributed by atoms with Crippen LogP contribution in [0.4, 0.5) is 0 Å². The predicted molar refractivity (Wildman–Crippen MR) is 107 cm³/mol. The molecular weight excluding hydrogens is 396 g/mol. The fourth-order valence-corrected chi connectivity index (χ4v) is 7.85. The first-order valence-electron chi connectivity index (χ1n) is 10.1. The van der Waals surface area contributed by atoms with Crippen molar-refractivity contribution in [1.82, 2.24) is 0 Å². The summed E-state index contributed by atoms with van der Waals surface area (Å²) in [6.45, 7) is 4.33. The number of allylic oxidation sites excluding steroid dienone is 1. The van der Waals surface area contributed by atoms with E-state index in [1.54, 1.807) is 6.08 Å². The third kappa shape index (κ3) is 3.47. The van der Waals surface area contributed by atoms with Crippen molar-refractivity contribution in [1.29, 1.82) is 0 Å². The van der Waals surface area contributed by atoms with E-state index in [4.69, 9.17) is 14.2 Å². The Morgan fingerprint density at radius 3 is 2.34 bits per heavy atom. The maximum absolute atomic E-state index is 13.4. The number of aliphatic hydroxyl groups is 1. The van der Waals surface area contributed by atoms with Gasteiger partial charge in [0.05, 0.1) is 32.3 Å². The number of methoxy groups -OCH3 is 3. The van der Waals surface area contributed by atoms with Gasteiger partial charge in [-0.2, -0.15) is 0 Å². The van der Waals surface area contributed by atoms with E-state index in [9.17, 15) is 18.9 Å². The Morgan fingerprint density at radius 2 is 1.86 bits per heavy atom. The summed E-state index contributed by atoms with van der Waals surface area (Å²) < 4.78 is 28.7. The van der Waals surface area contributed by atoms with Gasteiger partial charge < -0.3 is 19.3 Å². The van der Waals surface area contributed by atoms with Crippen molar-refractivity contribution < 1.29 is 33.1 Å². The highest BCUT2D eigenvalue weighted by Crippen LogP contribution is 2.66. The first-order chi connectivity index (χ1) is 13.6. The molecule has 2 bridgehead atoms. The summed E-state index contributed by atoms with van der Waals surface area (Å²) in [5, 5.41) is 10.8. The fraction of sp³-hybridized carbons (Fsp3) is 0.810. The normalized spacial score (nSPS) is 39.0. The van der Waals surface area contributed by atoms with Crippen molar-refractivity contribution in [2.24, 2.45) is 28.6 Å². The highest BCUT2D eigenvalue weighted by atomic mass is 32.2. The fourth-order valence-electron chi connectivity index (χ4n) is 5.83. The molecule has 0 heterocycles. The molecule has 0 aromatic rings. The molecule has 7 atom stereocenters. The monoisotopic (exact) mass is 428 g/mol. The Bertz CT molecular complexity index is 731. The van der Waals surface area contributed by atoms with E-state index in [0.717, 1.165) is 19.3 Å². The summed E-state index contributed by atoms with van der Waals surface area (Å²) in [6, 6.07) is 0. The molecule has 29 heavy (non-hydrogen) atoms. The van der Waals surface area contributed by atoms with Crippen molar-refractivity contribution >= 4 is 22.7 Å². The van der Waals surface area contributed by atoms with Gasteiger partial charge in [-0.3, -0.25) is 13.8 Å². The zero-order valence-corrected chi connectivity index (χ0v) is 18.6. The van der Waals surface area contributed by atoms with Gasteiger partial charge in [0.25, 0.3) is 0 Å². The Morgan fingerprint density at radius 1 is 1.21 bits per heavy atom. The van der Waals surface area contributed by atoms with Crippen LogP contribution in [-0.2, 0) is 34.6 Å². The van der Waals surface area contributed by atoms with Gasteiger partial charge in [-0.25, -0.2) is 0 Å². The van der Waals surface area contributed by atoms with Crippen LogP contribution in [0.15, 0.2) is 11.0 Å². The van der Waals surface area contributed by atoms with Gasteiger partial charge in [-0.15, -0.1) is 0 Å². The predicted octanol–water partition coefficient (Wildman–Crippen LogP) is 1.80. The van der Waals surface area contributed by atoms with Gasteiger partial charge in [-0.1, -0.05) is 13.8 Å². The first-order valence-corrected chi connectivity index (χ1v) is 11.4. The SMILES string of the molecule is COC(=O)[C@@H]1[C@@H](OC)C=C(S(=O)C[C@]23CC[C@H](C[C@H]2O)C3(C)C)C[C@H]1C(=O)OC. The molecule has 0 aromatic carbocycles. The lowest BCUT2D eigenvalue weighted by atomic mass is 9.70. The van der Waals surface area contributed by atoms with Gasteiger partial charge in [0.2, 0.25) is 0 Å². The quantitative estimate of drug-likeness (QED) is 0.644. The molecule has 2 fully saturated rings. The number of carbonyl (C=O) groups is 2. The van der Waals surface area contributed by atoms with Crippen LogP contribution in [0.25, 0.3) is 0 Å². The molecule has 7 nitrogen and oxygen atoms in total. The zero-order valence-electron chi connectivity index (χ0n) is 17.8. The third-order valence-electron chi connectivity index (χ3n) is 7.88. The van der Waals surface area contributed by atoms with Crippen molar-refractivity contribution in [2.45, 2.75) is 51.7 Å². The molecule has 0 amide bonds. The second kappa shape index (κ2) is 8.12. The van der Waals surface area contributed by atoms with Crippen LogP contribution < -0.4 is 0 Å². The second-order valence-corrected chi connectivity index (χ2v) is 10.6. The average Bonchev–Trinajstić information content (AvgIpc) is 3.05. The number of esters is 2. The van der Waals surface area contributed by atoms with E-state index in [-0.39, 0.29) is 11.8 Å². The van der Waals surface area contributed by atoms with Crippen LogP contribution in [0.5, 0.6) is 0 Å². The summed E-state index contributed by atoms with van der Waals surface area (Å²) in [4.78, 5) is 25.3. The minimum absolute atomic E-state index is 0.0890. The maximum atomic E-state index is 13.4. The lowest BCUT2D eigenvalue weighted by Crippen LogP contribution is -2.45. The molecule has 2 saturated carbocycles. The molecule has 1 N–H and O–H groups in total. The highest BCUT2D eigenvalue weighted by molar-refractivity contribution is 7.89. The lowest BCUT2D eigenvalue weighted by Gasteiger charge is -2.41. The zero-order chi connectivity index (χ0) is 21.6. The molecule has 3 aliphatic rings. The van der Waals surface area contributed by atoms with E-state index < -0.39 is 52.2 Å². The largest absolute Gasteiger partial charge is 0.469 e. The summed E-state index contributed by atoms with van der Waals surface area (Å²) in [6.07, 6.45) is 3.28. The van der Waals surface area contributed by atoms with Gasteiger partial charge in [-0.05, 0) is 43.1 Å². The second-order valence-electron chi connectivity index (χ2n) is 9.07. The number of carbonyl (C=O) groups excluding carboxylic acids is 2. The van der Waals surface area contributed by atoms with Gasteiger partial charge in [0, 0.05) is 34.0 Å². The van der Waals surface area contributed by atoms with Crippen molar-refractivity contribution in [3.05, 3.63) is 11.0 Å². The Hall–Kier alpha value is -1.25. The van der Waals surface area contributed by atoms with Gasteiger partial charge in [0.15, 0.2) is 0 Å². The smallest absolute Gasteiger partial charge is 0.312 e. The highest BCUT2D eigenvalue weighted by Gasteiger charge is 2.64. The van der Waals surface area contributed by atoms with Gasteiger partial charge in [0.1, 0.15) is 5.92 Å². The summed E-state index contributed by atoms with van der Waals surface area (Å²) in [5.74, 6) is -2.00. The van der Waals surface area contributed by atoms with E-state index in [2.05, 4.69) is 13.8 Å². The Labute approximate surface area is 174 Å². The molecule has 3 aliphatic carbocycles. The molecule has 1 unspecified atom stereocenters. The molecular formula is C21H32O7S. The number of aliphatic hydroxyl groups excluding tert-OH is 1. The van der Waals surface area contributed by atoms with Crippen LogP contribution in [-0.4, -0.2) is 60.5 Å². The van der Waals surface area contributed by atoms with Crippen LogP contribution in [0, 0.1) is 28.6 Å². The van der Waals surface area contributed by atoms with Crippen molar-refractivity contribution in [2.75, 3.05) is 27.1 Å². The number of rotatable bonds is 6. The van der Waals surface area contributed by atoms with E-state index in [1.807, 2.05) is 0 Å². The number of ether oxygens (including phenoxy) is 3. The molecule has 0 spiro atoms. The van der Waals surface area contributed by atoms with Crippen LogP contribution in [0.2, 0.25) is 0 Å². The topological polar surface area (TPSA) is 99.1 Å².